The molecule has 0 atom stereocenters. The molecule has 0 saturated heterocycles. The highest BCUT2D eigenvalue weighted by Gasteiger charge is 2.06. The van der Waals surface area contributed by atoms with Gasteiger partial charge in [0.1, 0.15) is 5.82 Å². The monoisotopic (exact) mass is 250 g/mol. The van der Waals surface area contributed by atoms with Crippen LogP contribution in [-0.2, 0) is 6.54 Å². The van der Waals surface area contributed by atoms with Crippen molar-refractivity contribution in [1.29, 1.82) is 0 Å². The number of carbonyl (C=O) groups excluding carboxylic acids is 1. The second-order valence-corrected chi connectivity index (χ2v) is 3.96. The molecular formula is C11H11ClN4O. The molecule has 5 nitrogen and oxygen atoms in total. The minimum atomic E-state index is -0.177. The highest BCUT2D eigenvalue weighted by atomic mass is 35.5. The van der Waals surface area contributed by atoms with Crippen molar-refractivity contribution < 1.29 is 4.79 Å². The summed E-state index contributed by atoms with van der Waals surface area (Å²) in [5, 5.41) is 9.96. The van der Waals surface area contributed by atoms with Gasteiger partial charge in [-0.25, -0.2) is 4.98 Å². The first-order valence-corrected chi connectivity index (χ1v) is 5.44. The molecule has 1 aromatic carbocycles. The zero-order valence-corrected chi connectivity index (χ0v) is 9.95. The number of carbonyl (C=O) groups is 1. The maximum absolute atomic E-state index is 11.7. The first-order chi connectivity index (χ1) is 8.15. The van der Waals surface area contributed by atoms with Gasteiger partial charge in [-0.3, -0.25) is 9.89 Å². The zero-order chi connectivity index (χ0) is 12.3. The van der Waals surface area contributed by atoms with Gasteiger partial charge in [-0.2, -0.15) is 5.10 Å². The Morgan fingerprint density at radius 3 is 2.71 bits per heavy atom. The molecule has 6 heteroatoms. The molecular weight excluding hydrogens is 240 g/mol. The fourth-order valence-corrected chi connectivity index (χ4v) is 1.46. The Balaban J connectivity index is 1.95. The smallest absolute Gasteiger partial charge is 0.251 e. The second kappa shape index (κ2) is 4.97. The van der Waals surface area contributed by atoms with Crippen molar-refractivity contribution in [3.63, 3.8) is 0 Å². The molecule has 2 N–H and O–H groups in total. The third-order valence-electron chi connectivity index (χ3n) is 2.16. The average Bonchev–Trinajstić information content (AvgIpc) is 2.73. The van der Waals surface area contributed by atoms with Crippen molar-refractivity contribution in [2.45, 2.75) is 13.5 Å². The van der Waals surface area contributed by atoms with Gasteiger partial charge in [0.05, 0.1) is 6.54 Å². The number of rotatable bonds is 3. The van der Waals surface area contributed by atoms with Gasteiger partial charge in [-0.05, 0) is 31.2 Å². The Kier molecular flexibility index (Phi) is 3.39. The van der Waals surface area contributed by atoms with Crippen molar-refractivity contribution >= 4 is 17.5 Å². The third kappa shape index (κ3) is 3.04. The Hall–Kier alpha value is -1.88. The minimum Gasteiger partial charge on any atom is -0.345 e. The standard InChI is InChI=1S/C11H11ClN4O/c1-7-14-10(16-15-7)6-13-11(17)8-2-4-9(12)5-3-8/h2-5H,6H2,1H3,(H,13,17)(H,14,15,16). The summed E-state index contributed by atoms with van der Waals surface area (Å²) in [6.45, 7) is 2.10. The summed E-state index contributed by atoms with van der Waals surface area (Å²) in [5.74, 6) is 1.11. The summed E-state index contributed by atoms with van der Waals surface area (Å²) < 4.78 is 0. The summed E-state index contributed by atoms with van der Waals surface area (Å²) in [6, 6.07) is 6.68. The largest absolute Gasteiger partial charge is 0.345 e. The van der Waals surface area contributed by atoms with Gasteiger partial charge in [0, 0.05) is 10.6 Å². The fourth-order valence-electron chi connectivity index (χ4n) is 1.33. The molecule has 2 rings (SSSR count). The van der Waals surface area contributed by atoms with Crippen LogP contribution in [-0.4, -0.2) is 21.1 Å². The van der Waals surface area contributed by atoms with Crippen LogP contribution in [0.25, 0.3) is 0 Å². The van der Waals surface area contributed by atoms with Crippen LogP contribution in [0.4, 0.5) is 0 Å². The molecule has 1 heterocycles. The van der Waals surface area contributed by atoms with Gasteiger partial charge >= 0.3 is 0 Å². The molecule has 0 fully saturated rings. The van der Waals surface area contributed by atoms with E-state index in [0.717, 1.165) is 5.82 Å². The van der Waals surface area contributed by atoms with Crippen LogP contribution in [0.2, 0.25) is 5.02 Å². The van der Waals surface area contributed by atoms with E-state index in [2.05, 4.69) is 20.5 Å². The summed E-state index contributed by atoms with van der Waals surface area (Å²) in [4.78, 5) is 15.8. The topological polar surface area (TPSA) is 70.7 Å². The number of nitrogens with zero attached hydrogens (tertiary/aromatic N) is 2. The maximum atomic E-state index is 11.7. The molecule has 88 valence electrons. The Labute approximate surface area is 103 Å². The summed E-state index contributed by atoms with van der Waals surface area (Å²) >= 11 is 5.74. The number of hydrogen-bond acceptors (Lipinski definition) is 3. The van der Waals surface area contributed by atoms with Crippen molar-refractivity contribution in [1.82, 2.24) is 20.5 Å². The predicted molar refractivity (Wildman–Crippen MR) is 63.7 cm³/mol. The van der Waals surface area contributed by atoms with Gasteiger partial charge in [0.15, 0.2) is 5.82 Å². The minimum absolute atomic E-state index is 0.177. The number of aryl methyl sites for hydroxylation is 1. The first-order valence-electron chi connectivity index (χ1n) is 5.07. The molecule has 17 heavy (non-hydrogen) atoms. The fraction of sp³-hybridized carbons (Fsp3) is 0.182. The van der Waals surface area contributed by atoms with Crippen LogP contribution >= 0.6 is 11.6 Å². The molecule has 2 aromatic rings. The first kappa shape index (κ1) is 11.6. The average molecular weight is 251 g/mol. The lowest BCUT2D eigenvalue weighted by Gasteiger charge is -2.02. The lowest BCUT2D eigenvalue weighted by Crippen LogP contribution is -2.23. The number of hydrogen-bond donors (Lipinski definition) is 2. The SMILES string of the molecule is Cc1nc(CNC(=O)c2ccc(Cl)cc2)n[nH]1. The lowest BCUT2D eigenvalue weighted by atomic mass is 10.2. The summed E-state index contributed by atoms with van der Waals surface area (Å²) in [6.07, 6.45) is 0. The van der Waals surface area contributed by atoms with Gasteiger partial charge in [-0.15, -0.1) is 0 Å². The van der Waals surface area contributed by atoms with Gasteiger partial charge in [-0.1, -0.05) is 11.6 Å². The van der Waals surface area contributed by atoms with Gasteiger partial charge in [0.2, 0.25) is 0 Å². The van der Waals surface area contributed by atoms with E-state index in [4.69, 9.17) is 11.6 Å². The van der Waals surface area contributed by atoms with E-state index in [9.17, 15) is 4.79 Å². The number of benzene rings is 1. The van der Waals surface area contributed by atoms with E-state index >= 15 is 0 Å². The van der Waals surface area contributed by atoms with Gasteiger partial charge < -0.3 is 5.32 Å². The quantitative estimate of drug-likeness (QED) is 0.871. The highest BCUT2D eigenvalue weighted by Crippen LogP contribution is 2.09. The Morgan fingerprint density at radius 1 is 1.41 bits per heavy atom. The van der Waals surface area contributed by atoms with E-state index in [1.807, 2.05) is 0 Å². The zero-order valence-electron chi connectivity index (χ0n) is 9.20. The van der Waals surface area contributed by atoms with Crippen LogP contribution in [0, 0.1) is 6.92 Å². The highest BCUT2D eigenvalue weighted by molar-refractivity contribution is 6.30. The predicted octanol–water partition coefficient (Wildman–Crippen LogP) is 1.70. The Bertz CT molecular complexity index is 521. The summed E-state index contributed by atoms with van der Waals surface area (Å²) in [5.41, 5.74) is 0.557. The van der Waals surface area contributed by atoms with E-state index in [1.165, 1.54) is 0 Å². The Morgan fingerprint density at radius 2 is 2.12 bits per heavy atom. The van der Waals surface area contributed by atoms with E-state index in [1.54, 1.807) is 31.2 Å². The van der Waals surface area contributed by atoms with E-state index in [0.29, 0.717) is 23.0 Å². The molecule has 1 amide bonds. The molecule has 0 unspecified atom stereocenters. The number of H-pyrrole nitrogens is 1. The van der Waals surface area contributed by atoms with Crippen LogP contribution in [0.5, 0.6) is 0 Å². The van der Waals surface area contributed by atoms with Crippen LogP contribution in [0.3, 0.4) is 0 Å². The maximum Gasteiger partial charge on any atom is 0.251 e. The van der Waals surface area contributed by atoms with Crippen LogP contribution < -0.4 is 5.32 Å². The van der Waals surface area contributed by atoms with Crippen LogP contribution in [0.15, 0.2) is 24.3 Å². The molecule has 0 spiro atoms. The van der Waals surface area contributed by atoms with E-state index in [-0.39, 0.29) is 5.91 Å². The number of aromatic nitrogens is 3. The van der Waals surface area contributed by atoms with Crippen molar-refractivity contribution in [2.24, 2.45) is 0 Å². The number of nitrogens with one attached hydrogen (secondary N) is 2. The van der Waals surface area contributed by atoms with Gasteiger partial charge in [0.25, 0.3) is 5.91 Å². The molecule has 0 radical (unpaired) electrons. The molecule has 1 aromatic heterocycles. The van der Waals surface area contributed by atoms with E-state index < -0.39 is 0 Å². The third-order valence-corrected chi connectivity index (χ3v) is 2.41. The normalized spacial score (nSPS) is 10.2. The lowest BCUT2D eigenvalue weighted by molar-refractivity contribution is 0.0950. The molecule has 0 aliphatic carbocycles. The number of halogens is 1. The van der Waals surface area contributed by atoms with Crippen molar-refractivity contribution in [3.05, 3.63) is 46.5 Å². The molecule has 0 aliphatic heterocycles. The van der Waals surface area contributed by atoms with Crippen LogP contribution in [0.1, 0.15) is 22.0 Å². The molecule has 0 saturated carbocycles. The number of amides is 1. The number of aromatic amines is 1. The molecule has 0 aliphatic rings. The van der Waals surface area contributed by atoms with Crippen molar-refractivity contribution in [2.75, 3.05) is 0 Å². The van der Waals surface area contributed by atoms with Crippen molar-refractivity contribution in [3.8, 4) is 0 Å². The summed E-state index contributed by atoms with van der Waals surface area (Å²) in [7, 11) is 0. The molecule has 0 bridgehead atoms. The second-order valence-electron chi connectivity index (χ2n) is 3.53.